The van der Waals surface area contributed by atoms with Crippen LogP contribution in [0.1, 0.15) is 19.4 Å². The van der Waals surface area contributed by atoms with Crippen LogP contribution in [0, 0.1) is 0 Å². The van der Waals surface area contributed by atoms with Crippen molar-refractivity contribution in [3.05, 3.63) is 35.9 Å². The zero-order valence-electron chi connectivity index (χ0n) is 12.4. The van der Waals surface area contributed by atoms with Gasteiger partial charge in [0, 0.05) is 26.2 Å². The van der Waals surface area contributed by atoms with Crippen molar-refractivity contribution in [2.24, 2.45) is 0 Å². The molecule has 0 spiro atoms. The Labute approximate surface area is 121 Å². The van der Waals surface area contributed by atoms with Gasteiger partial charge in [-0.25, -0.2) is 0 Å². The lowest BCUT2D eigenvalue weighted by atomic mass is 9.84. The second kappa shape index (κ2) is 6.86. The Hall–Kier alpha value is -1.39. The second-order valence-electron chi connectivity index (χ2n) is 5.70. The van der Waals surface area contributed by atoms with Crippen LogP contribution in [-0.4, -0.2) is 50.2 Å². The van der Waals surface area contributed by atoms with E-state index in [-0.39, 0.29) is 5.91 Å². The Morgan fingerprint density at radius 1 is 1.25 bits per heavy atom. The maximum Gasteiger partial charge on any atom is 0.230 e. The minimum atomic E-state index is -0.494. The van der Waals surface area contributed by atoms with Gasteiger partial charge in [0.25, 0.3) is 0 Å². The number of rotatable bonds is 5. The van der Waals surface area contributed by atoms with Gasteiger partial charge in [-0.2, -0.15) is 0 Å². The van der Waals surface area contributed by atoms with Gasteiger partial charge in [0.15, 0.2) is 0 Å². The van der Waals surface area contributed by atoms with E-state index in [1.807, 2.05) is 44.2 Å². The van der Waals surface area contributed by atoms with E-state index in [1.54, 1.807) is 0 Å². The van der Waals surface area contributed by atoms with Gasteiger partial charge in [-0.05, 0) is 19.4 Å². The molecule has 1 aromatic carbocycles. The predicted molar refractivity (Wildman–Crippen MR) is 79.7 cm³/mol. The fourth-order valence-corrected chi connectivity index (χ4v) is 2.36. The van der Waals surface area contributed by atoms with Crippen LogP contribution in [0.25, 0.3) is 0 Å². The lowest BCUT2D eigenvalue weighted by Gasteiger charge is -2.28. The van der Waals surface area contributed by atoms with E-state index in [4.69, 9.17) is 4.74 Å². The zero-order valence-corrected chi connectivity index (χ0v) is 12.4. The molecule has 1 fully saturated rings. The first-order valence-electron chi connectivity index (χ1n) is 7.24. The number of hydrogen-bond donors (Lipinski definition) is 1. The van der Waals surface area contributed by atoms with Gasteiger partial charge in [0.05, 0.1) is 18.6 Å². The van der Waals surface area contributed by atoms with E-state index < -0.39 is 5.41 Å². The van der Waals surface area contributed by atoms with Crippen molar-refractivity contribution in [3.63, 3.8) is 0 Å². The summed E-state index contributed by atoms with van der Waals surface area (Å²) in [5, 5.41) is 3.05. The number of amides is 1. The monoisotopic (exact) mass is 276 g/mol. The van der Waals surface area contributed by atoms with Crippen molar-refractivity contribution in [1.29, 1.82) is 0 Å². The molecule has 0 aliphatic carbocycles. The van der Waals surface area contributed by atoms with Crippen molar-refractivity contribution in [3.8, 4) is 0 Å². The van der Waals surface area contributed by atoms with Crippen molar-refractivity contribution >= 4 is 5.91 Å². The third-order valence-electron chi connectivity index (χ3n) is 3.88. The highest BCUT2D eigenvalue weighted by Crippen LogP contribution is 2.22. The van der Waals surface area contributed by atoms with Crippen LogP contribution in [0.3, 0.4) is 0 Å². The van der Waals surface area contributed by atoms with E-state index in [1.165, 1.54) is 0 Å². The highest BCUT2D eigenvalue weighted by atomic mass is 16.5. The number of hydrogen-bond acceptors (Lipinski definition) is 3. The molecule has 1 saturated heterocycles. The largest absolute Gasteiger partial charge is 0.379 e. The highest BCUT2D eigenvalue weighted by molar-refractivity contribution is 5.87. The number of morpholine rings is 1. The summed E-state index contributed by atoms with van der Waals surface area (Å²) in [5.74, 6) is 0.0805. The van der Waals surface area contributed by atoms with Gasteiger partial charge in [0.1, 0.15) is 0 Å². The Morgan fingerprint density at radius 3 is 2.55 bits per heavy atom. The Bertz CT molecular complexity index is 425. The Morgan fingerprint density at radius 2 is 1.90 bits per heavy atom. The number of nitrogens with one attached hydrogen (secondary N) is 1. The lowest BCUT2D eigenvalue weighted by Crippen LogP contribution is -2.45. The van der Waals surface area contributed by atoms with Gasteiger partial charge in [0.2, 0.25) is 5.91 Å². The smallest absolute Gasteiger partial charge is 0.230 e. The van der Waals surface area contributed by atoms with Crippen molar-refractivity contribution in [1.82, 2.24) is 10.2 Å². The van der Waals surface area contributed by atoms with E-state index in [0.717, 1.165) is 38.4 Å². The van der Waals surface area contributed by atoms with Crippen molar-refractivity contribution in [2.75, 3.05) is 39.4 Å². The first-order chi connectivity index (χ1) is 9.60. The van der Waals surface area contributed by atoms with E-state index in [2.05, 4.69) is 10.2 Å². The second-order valence-corrected chi connectivity index (χ2v) is 5.70. The van der Waals surface area contributed by atoms with E-state index in [0.29, 0.717) is 6.54 Å². The molecule has 2 rings (SSSR count). The fourth-order valence-electron chi connectivity index (χ4n) is 2.36. The van der Waals surface area contributed by atoms with Gasteiger partial charge in [-0.15, -0.1) is 0 Å². The highest BCUT2D eigenvalue weighted by Gasteiger charge is 2.29. The third-order valence-corrected chi connectivity index (χ3v) is 3.88. The molecule has 20 heavy (non-hydrogen) atoms. The Balaban J connectivity index is 1.81. The van der Waals surface area contributed by atoms with Crippen molar-refractivity contribution in [2.45, 2.75) is 19.3 Å². The molecule has 1 aliphatic heterocycles. The predicted octanol–water partition coefficient (Wildman–Crippen LogP) is 1.41. The molecular weight excluding hydrogens is 252 g/mol. The van der Waals surface area contributed by atoms with Gasteiger partial charge in [-0.3, -0.25) is 9.69 Å². The van der Waals surface area contributed by atoms with Crippen molar-refractivity contribution < 1.29 is 9.53 Å². The maximum atomic E-state index is 12.4. The van der Waals surface area contributed by atoms with Gasteiger partial charge < -0.3 is 10.1 Å². The summed E-state index contributed by atoms with van der Waals surface area (Å²) < 4.78 is 5.31. The van der Waals surface area contributed by atoms with Crippen LogP contribution in [-0.2, 0) is 14.9 Å². The quantitative estimate of drug-likeness (QED) is 0.884. The Kier molecular flexibility index (Phi) is 5.15. The molecule has 1 amide bonds. The molecule has 0 saturated carbocycles. The van der Waals surface area contributed by atoms with E-state index >= 15 is 0 Å². The van der Waals surface area contributed by atoms with Crippen LogP contribution in [0.4, 0.5) is 0 Å². The number of carbonyl (C=O) groups is 1. The summed E-state index contributed by atoms with van der Waals surface area (Å²) in [6.07, 6.45) is 0. The minimum Gasteiger partial charge on any atom is -0.379 e. The molecular formula is C16H24N2O2. The third kappa shape index (κ3) is 3.81. The normalized spacial score (nSPS) is 16.9. The molecule has 4 nitrogen and oxygen atoms in total. The number of nitrogens with zero attached hydrogens (tertiary/aromatic N) is 1. The summed E-state index contributed by atoms with van der Waals surface area (Å²) in [6.45, 7) is 9.01. The summed E-state index contributed by atoms with van der Waals surface area (Å²) in [7, 11) is 0. The molecule has 1 aliphatic rings. The molecule has 4 heteroatoms. The number of ether oxygens (including phenoxy) is 1. The van der Waals surface area contributed by atoms with E-state index in [9.17, 15) is 4.79 Å². The molecule has 0 atom stereocenters. The SMILES string of the molecule is CC(C)(C(=O)NCCN1CCOCC1)c1ccccc1. The molecule has 110 valence electrons. The average molecular weight is 276 g/mol. The topological polar surface area (TPSA) is 41.6 Å². The van der Waals surface area contributed by atoms with Gasteiger partial charge >= 0.3 is 0 Å². The van der Waals surface area contributed by atoms with Crippen LogP contribution < -0.4 is 5.32 Å². The molecule has 0 bridgehead atoms. The molecule has 0 radical (unpaired) electrons. The molecule has 1 N–H and O–H groups in total. The molecule has 0 aromatic heterocycles. The average Bonchev–Trinajstić information content (AvgIpc) is 2.49. The van der Waals surface area contributed by atoms with Crippen LogP contribution >= 0.6 is 0 Å². The summed E-state index contributed by atoms with van der Waals surface area (Å²) in [4.78, 5) is 14.7. The minimum absolute atomic E-state index is 0.0805. The van der Waals surface area contributed by atoms with Crippen LogP contribution in [0.15, 0.2) is 30.3 Å². The zero-order chi connectivity index (χ0) is 14.4. The number of benzene rings is 1. The molecule has 0 unspecified atom stereocenters. The standard InChI is InChI=1S/C16H24N2O2/c1-16(2,14-6-4-3-5-7-14)15(19)17-8-9-18-10-12-20-13-11-18/h3-7H,8-13H2,1-2H3,(H,17,19). The fraction of sp³-hybridized carbons (Fsp3) is 0.562. The summed E-state index contributed by atoms with van der Waals surface area (Å²) >= 11 is 0. The lowest BCUT2D eigenvalue weighted by molar-refractivity contribution is -0.125. The molecule has 1 heterocycles. The number of carbonyl (C=O) groups excluding carboxylic acids is 1. The maximum absolute atomic E-state index is 12.4. The van der Waals surface area contributed by atoms with Gasteiger partial charge in [-0.1, -0.05) is 30.3 Å². The first-order valence-corrected chi connectivity index (χ1v) is 7.24. The summed E-state index contributed by atoms with van der Waals surface area (Å²) in [6, 6.07) is 9.91. The van der Waals surface area contributed by atoms with Crippen LogP contribution in [0.2, 0.25) is 0 Å². The van der Waals surface area contributed by atoms with Crippen LogP contribution in [0.5, 0.6) is 0 Å². The first kappa shape index (κ1) is 15.0. The summed E-state index contributed by atoms with van der Waals surface area (Å²) in [5.41, 5.74) is 0.551. The molecule has 1 aromatic rings.